The molecule has 0 aliphatic rings. The summed E-state index contributed by atoms with van der Waals surface area (Å²) in [7, 11) is 0. The Kier molecular flexibility index (Phi) is 4.47. The van der Waals surface area contributed by atoms with Crippen LogP contribution in [0.3, 0.4) is 0 Å². The maximum atomic E-state index is 12.2. The quantitative estimate of drug-likeness (QED) is 0.573. The Balaban J connectivity index is 1.74. The number of rotatable bonds is 4. The molecular weight excluding hydrogens is 302 g/mol. The lowest BCUT2D eigenvalue weighted by Gasteiger charge is -2.01. The van der Waals surface area contributed by atoms with E-state index in [2.05, 4.69) is 25.7 Å². The fraction of sp³-hybridized carbons (Fsp3) is 0.111. The number of hydrogen-bond donors (Lipinski definition) is 2. The number of hydrogen-bond acceptors (Lipinski definition) is 4. The third kappa shape index (κ3) is 3.38. The third-order valence-corrected chi connectivity index (χ3v) is 3.63. The zero-order chi connectivity index (χ0) is 16.9. The fourth-order valence-corrected chi connectivity index (χ4v) is 2.29. The van der Waals surface area contributed by atoms with Crippen molar-refractivity contribution in [1.82, 2.24) is 20.6 Å². The van der Waals surface area contributed by atoms with Crippen LogP contribution in [0.15, 0.2) is 53.9 Å². The SMILES string of the molecule is Cc1ccc(-c2n[nH]c(C(=O)N/N=C/c3cccnc3)c2C)cc1. The maximum Gasteiger partial charge on any atom is 0.289 e. The van der Waals surface area contributed by atoms with Gasteiger partial charge in [-0.15, -0.1) is 0 Å². The molecule has 2 N–H and O–H groups in total. The number of aromatic nitrogens is 3. The molecule has 0 atom stereocenters. The van der Waals surface area contributed by atoms with E-state index in [1.807, 2.05) is 44.2 Å². The van der Waals surface area contributed by atoms with Crippen molar-refractivity contribution in [2.45, 2.75) is 13.8 Å². The summed E-state index contributed by atoms with van der Waals surface area (Å²) >= 11 is 0. The van der Waals surface area contributed by atoms with E-state index in [0.717, 1.165) is 22.4 Å². The summed E-state index contributed by atoms with van der Waals surface area (Å²) in [6, 6.07) is 11.7. The fourth-order valence-electron chi connectivity index (χ4n) is 2.29. The summed E-state index contributed by atoms with van der Waals surface area (Å²) < 4.78 is 0. The lowest BCUT2D eigenvalue weighted by atomic mass is 10.1. The zero-order valence-electron chi connectivity index (χ0n) is 13.4. The summed E-state index contributed by atoms with van der Waals surface area (Å²) in [5.74, 6) is -0.335. The predicted molar refractivity (Wildman–Crippen MR) is 92.8 cm³/mol. The molecule has 0 radical (unpaired) electrons. The molecule has 0 fully saturated rings. The molecular formula is C18H17N5O. The van der Waals surface area contributed by atoms with E-state index in [1.54, 1.807) is 18.5 Å². The minimum atomic E-state index is -0.335. The summed E-state index contributed by atoms with van der Waals surface area (Å²) in [5.41, 5.74) is 7.38. The third-order valence-electron chi connectivity index (χ3n) is 3.63. The van der Waals surface area contributed by atoms with Crippen LogP contribution in [0.4, 0.5) is 0 Å². The van der Waals surface area contributed by atoms with E-state index >= 15 is 0 Å². The van der Waals surface area contributed by atoms with Gasteiger partial charge in [-0.3, -0.25) is 14.9 Å². The van der Waals surface area contributed by atoms with Gasteiger partial charge in [-0.1, -0.05) is 35.9 Å². The molecule has 2 heterocycles. The lowest BCUT2D eigenvalue weighted by Crippen LogP contribution is -2.19. The van der Waals surface area contributed by atoms with Gasteiger partial charge in [0.2, 0.25) is 0 Å². The van der Waals surface area contributed by atoms with Crippen LogP contribution in [0.2, 0.25) is 0 Å². The Morgan fingerprint density at radius 2 is 2.00 bits per heavy atom. The van der Waals surface area contributed by atoms with Crippen molar-refractivity contribution in [1.29, 1.82) is 0 Å². The van der Waals surface area contributed by atoms with Crippen molar-refractivity contribution in [2.75, 3.05) is 0 Å². The molecule has 24 heavy (non-hydrogen) atoms. The first kappa shape index (κ1) is 15.6. The van der Waals surface area contributed by atoms with Crippen molar-refractivity contribution in [2.24, 2.45) is 5.10 Å². The van der Waals surface area contributed by atoms with Crippen LogP contribution in [0.5, 0.6) is 0 Å². The van der Waals surface area contributed by atoms with Crippen molar-refractivity contribution < 1.29 is 4.79 Å². The second-order valence-corrected chi connectivity index (χ2v) is 5.42. The number of H-pyrrole nitrogens is 1. The van der Waals surface area contributed by atoms with Gasteiger partial charge in [-0.25, -0.2) is 5.43 Å². The smallest absolute Gasteiger partial charge is 0.272 e. The van der Waals surface area contributed by atoms with Gasteiger partial charge in [0.05, 0.1) is 11.9 Å². The van der Waals surface area contributed by atoms with E-state index in [4.69, 9.17) is 0 Å². The van der Waals surface area contributed by atoms with Crippen molar-refractivity contribution in [3.8, 4) is 11.3 Å². The van der Waals surface area contributed by atoms with Crippen molar-refractivity contribution in [3.05, 3.63) is 71.2 Å². The molecule has 6 heteroatoms. The van der Waals surface area contributed by atoms with Gasteiger partial charge >= 0.3 is 0 Å². The zero-order valence-corrected chi connectivity index (χ0v) is 13.4. The van der Waals surface area contributed by atoms with Gasteiger partial charge in [0.15, 0.2) is 0 Å². The molecule has 3 aromatic rings. The van der Waals surface area contributed by atoms with Crippen LogP contribution in [0.1, 0.15) is 27.2 Å². The minimum absolute atomic E-state index is 0.335. The van der Waals surface area contributed by atoms with Gasteiger partial charge in [-0.05, 0) is 19.9 Å². The summed E-state index contributed by atoms with van der Waals surface area (Å²) in [6.45, 7) is 3.89. The van der Waals surface area contributed by atoms with Crippen molar-refractivity contribution in [3.63, 3.8) is 0 Å². The van der Waals surface area contributed by atoms with E-state index in [1.165, 1.54) is 11.8 Å². The van der Waals surface area contributed by atoms with Crippen LogP contribution in [-0.2, 0) is 0 Å². The minimum Gasteiger partial charge on any atom is -0.272 e. The molecule has 0 aliphatic heterocycles. The van der Waals surface area contributed by atoms with E-state index in [0.29, 0.717) is 5.69 Å². The summed E-state index contributed by atoms with van der Waals surface area (Å²) in [5, 5.41) is 11.0. The number of hydrazone groups is 1. The van der Waals surface area contributed by atoms with Crippen LogP contribution < -0.4 is 5.43 Å². The van der Waals surface area contributed by atoms with E-state index in [-0.39, 0.29) is 5.91 Å². The molecule has 0 unspecified atom stereocenters. The molecule has 6 nitrogen and oxygen atoms in total. The summed E-state index contributed by atoms with van der Waals surface area (Å²) in [4.78, 5) is 16.2. The van der Waals surface area contributed by atoms with Crippen LogP contribution in [0.25, 0.3) is 11.3 Å². The average molecular weight is 319 g/mol. The van der Waals surface area contributed by atoms with Gasteiger partial charge in [0.25, 0.3) is 5.91 Å². The van der Waals surface area contributed by atoms with Gasteiger partial charge in [-0.2, -0.15) is 10.2 Å². The van der Waals surface area contributed by atoms with E-state index < -0.39 is 0 Å². The molecule has 0 saturated heterocycles. The van der Waals surface area contributed by atoms with Gasteiger partial charge < -0.3 is 0 Å². The molecule has 1 amide bonds. The number of pyridine rings is 1. The number of benzene rings is 1. The highest BCUT2D eigenvalue weighted by atomic mass is 16.2. The van der Waals surface area contributed by atoms with Crippen LogP contribution in [-0.4, -0.2) is 27.3 Å². The predicted octanol–water partition coefficient (Wildman–Crippen LogP) is 2.85. The highest BCUT2D eigenvalue weighted by molar-refractivity contribution is 5.95. The first-order valence-electron chi connectivity index (χ1n) is 7.50. The summed E-state index contributed by atoms with van der Waals surface area (Å²) in [6.07, 6.45) is 4.88. The second-order valence-electron chi connectivity index (χ2n) is 5.42. The number of aromatic amines is 1. The number of nitrogens with zero attached hydrogens (tertiary/aromatic N) is 3. The number of aryl methyl sites for hydroxylation is 1. The highest BCUT2D eigenvalue weighted by Gasteiger charge is 2.16. The Morgan fingerprint density at radius 3 is 2.71 bits per heavy atom. The molecule has 0 saturated carbocycles. The van der Waals surface area contributed by atoms with Gasteiger partial charge in [0, 0.05) is 29.1 Å². The molecule has 2 aromatic heterocycles. The average Bonchev–Trinajstić information content (AvgIpc) is 2.98. The largest absolute Gasteiger partial charge is 0.289 e. The Labute approximate surface area is 139 Å². The first-order chi connectivity index (χ1) is 11.6. The Bertz CT molecular complexity index is 866. The standard InChI is InChI=1S/C18H17N5O/c1-12-5-7-15(8-6-12)16-13(2)17(22-21-16)18(24)23-20-11-14-4-3-9-19-10-14/h3-11H,1-2H3,(H,21,22)(H,23,24)/b20-11+. The van der Waals surface area contributed by atoms with Crippen LogP contribution >= 0.6 is 0 Å². The molecule has 1 aromatic carbocycles. The topological polar surface area (TPSA) is 83.0 Å². The monoisotopic (exact) mass is 319 g/mol. The normalized spacial score (nSPS) is 10.9. The number of carbonyl (C=O) groups is 1. The highest BCUT2D eigenvalue weighted by Crippen LogP contribution is 2.23. The Hall–Kier alpha value is -3.28. The number of nitrogens with one attached hydrogen (secondary N) is 2. The van der Waals surface area contributed by atoms with Crippen LogP contribution in [0, 0.1) is 13.8 Å². The van der Waals surface area contributed by atoms with E-state index in [9.17, 15) is 4.79 Å². The molecule has 0 bridgehead atoms. The van der Waals surface area contributed by atoms with Gasteiger partial charge in [0.1, 0.15) is 5.69 Å². The number of carbonyl (C=O) groups excluding carboxylic acids is 1. The molecule has 3 rings (SSSR count). The Morgan fingerprint density at radius 1 is 1.21 bits per heavy atom. The lowest BCUT2D eigenvalue weighted by molar-refractivity contribution is 0.0949. The first-order valence-corrected chi connectivity index (χ1v) is 7.50. The number of amides is 1. The maximum absolute atomic E-state index is 12.2. The molecule has 0 spiro atoms. The second kappa shape index (κ2) is 6.87. The molecule has 0 aliphatic carbocycles. The molecule has 120 valence electrons. The van der Waals surface area contributed by atoms with Crippen molar-refractivity contribution >= 4 is 12.1 Å².